The van der Waals surface area contributed by atoms with Gasteiger partial charge in [0.2, 0.25) is 0 Å². The van der Waals surface area contributed by atoms with E-state index in [4.69, 9.17) is 23.2 Å². The van der Waals surface area contributed by atoms with Crippen molar-refractivity contribution in [2.24, 2.45) is 0 Å². The second-order valence-electron chi connectivity index (χ2n) is 4.95. The van der Waals surface area contributed by atoms with Crippen LogP contribution < -0.4 is 5.32 Å². The zero-order valence-electron chi connectivity index (χ0n) is 12.0. The predicted molar refractivity (Wildman–Crippen MR) is 94.5 cm³/mol. The minimum Gasteiger partial charge on any atom is -0.306 e. The average Bonchev–Trinajstić information content (AvgIpc) is 3.01. The zero-order chi connectivity index (χ0) is 16.2. The van der Waals surface area contributed by atoms with E-state index in [-0.39, 0.29) is 5.82 Å². The molecule has 3 rings (SSSR count). The molecule has 0 spiro atoms. The number of nitrogens with zero attached hydrogens (tertiary/aromatic N) is 1. The highest BCUT2D eigenvalue weighted by Crippen LogP contribution is 2.36. The molecule has 2 nitrogen and oxygen atoms in total. The number of halogens is 3. The van der Waals surface area contributed by atoms with Crippen LogP contribution in [0.5, 0.6) is 0 Å². The van der Waals surface area contributed by atoms with Crippen LogP contribution in [-0.2, 0) is 13.1 Å². The van der Waals surface area contributed by atoms with Crippen LogP contribution in [0.15, 0.2) is 48.7 Å². The maximum Gasteiger partial charge on any atom is 0.123 e. The Kier molecular flexibility index (Phi) is 5.28. The molecule has 1 aromatic heterocycles. The average molecular weight is 367 g/mol. The molecule has 2 aromatic carbocycles. The lowest BCUT2D eigenvalue weighted by atomic mass is 10.2. The second kappa shape index (κ2) is 7.41. The fourth-order valence-corrected chi connectivity index (χ4v) is 3.50. The fraction of sp³-hybridized carbons (Fsp3) is 0.118. The van der Waals surface area contributed by atoms with Gasteiger partial charge in [-0.2, -0.15) is 0 Å². The number of benzene rings is 2. The lowest BCUT2D eigenvalue weighted by Gasteiger charge is -2.03. The summed E-state index contributed by atoms with van der Waals surface area (Å²) in [5, 5.41) is 5.33. The minimum absolute atomic E-state index is 0.225. The Balaban J connectivity index is 1.63. The first-order chi connectivity index (χ1) is 11.1. The van der Waals surface area contributed by atoms with E-state index in [9.17, 15) is 4.39 Å². The summed E-state index contributed by atoms with van der Waals surface area (Å²) in [4.78, 5) is 5.39. The van der Waals surface area contributed by atoms with E-state index >= 15 is 0 Å². The molecule has 0 fully saturated rings. The van der Waals surface area contributed by atoms with Crippen molar-refractivity contribution in [2.45, 2.75) is 13.1 Å². The highest BCUT2D eigenvalue weighted by Gasteiger charge is 2.10. The summed E-state index contributed by atoms with van der Waals surface area (Å²) in [6.45, 7) is 1.30. The molecule has 0 saturated heterocycles. The minimum atomic E-state index is -0.225. The first kappa shape index (κ1) is 16.4. The highest BCUT2D eigenvalue weighted by molar-refractivity contribution is 7.15. The van der Waals surface area contributed by atoms with Crippen molar-refractivity contribution >= 4 is 34.5 Å². The van der Waals surface area contributed by atoms with Gasteiger partial charge in [-0.25, -0.2) is 9.37 Å². The molecule has 0 aliphatic rings. The van der Waals surface area contributed by atoms with Gasteiger partial charge in [0.15, 0.2) is 0 Å². The molecule has 3 aromatic rings. The van der Waals surface area contributed by atoms with Gasteiger partial charge in [0.05, 0.1) is 14.9 Å². The molecule has 0 aliphatic carbocycles. The fourth-order valence-electron chi connectivity index (χ4n) is 2.13. The van der Waals surface area contributed by atoms with Crippen LogP contribution in [0.1, 0.15) is 10.6 Å². The van der Waals surface area contributed by atoms with E-state index in [1.54, 1.807) is 35.7 Å². The first-order valence-corrected chi connectivity index (χ1v) is 8.55. The lowest BCUT2D eigenvalue weighted by Crippen LogP contribution is -2.12. The summed E-state index contributed by atoms with van der Waals surface area (Å²) in [6, 6.07) is 12.0. The quantitative estimate of drug-likeness (QED) is 0.640. The number of aromatic nitrogens is 1. The molecular formula is C17H13Cl2FN2S. The van der Waals surface area contributed by atoms with Crippen molar-refractivity contribution < 1.29 is 4.39 Å². The van der Waals surface area contributed by atoms with Crippen LogP contribution >= 0.6 is 34.5 Å². The molecule has 1 heterocycles. The molecule has 0 radical (unpaired) electrons. The summed E-state index contributed by atoms with van der Waals surface area (Å²) < 4.78 is 12.8. The van der Waals surface area contributed by atoms with Gasteiger partial charge in [-0.1, -0.05) is 47.5 Å². The van der Waals surface area contributed by atoms with E-state index in [1.807, 2.05) is 12.1 Å². The van der Waals surface area contributed by atoms with Crippen LogP contribution in [0.25, 0.3) is 10.4 Å². The Labute approximate surface area is 147 Å². The Morgan fingerprint density at radius 2 is 1.83 bits per heavy atom. The van der Waals surface area contributed by atoms with Crippen molar-refractivity contribution in [1.82, 2.24) is 10.3 Å². The standard InChI is InChI=1S/C17H13Cl2FN2S/c18-14-3-1-2-13(17(14)19)15-9-22-16(23-15)10-21-8-11-4-6-12(20)7-5-11/h1-7,9,21H,8,10H2. The third-order valence-electron chi connectivity index (χ3n) is 3.29. The second-order valence-corrected chi connectivity index (χ2v) is 6.85. The van der Waals surface area contributed by atoms with Crippen LogP contribution in [0, 0.1) is 5.82 Å². The Morgan fingerprint density at radius 1 is 1.04 bits per heavy atom. The largest absolute Gasteiger partial charge is 0.306 e. The van der Waals surface area contributed by atoms with Crippen molar-refractivity contribution in [3.8, 4) is 10.4 Å². The van der Waals surface area contributed by atoms with Crippen molar-refractivity contribution in [3.05, 3.63) is 75.1 Å². The molecule has 23 heavy (non-hydrogen) atoms. The normalized spacial score (nSPS) is 10.9. The van der Waals surface area contributed by atoms with Crippen molar-refractivity contribution in [2.75, 3.05) is 0 Å². The molecule has 6 heteroatoms. The number of hydrogen-bond donors (Lipinski definition) is 1. The molecular weight excluding hydrogens is 354 g/mol. The van der Waals surface area contributed by atoms with Crippen molar-refractivity contribution in [3.63, 3.8) is 0 Å². The lowest BCUT2D eigenvalue weighted by molar-refractivity contribution is 0.625. The van der Waals surface area contributed by atoms with Gasteiger partial charge in [-0.15, -0.1) is 11.3 Å². The van der Waals surface area contributed by atoms with Gasteiger partial charge in [0.1, 0.15) is 10.8 Å². The third-order valence-corrected chi connectivity index (χ3v) is 5.14. The summed E-state index contributed by atoms with van der Waals surface area (Å²) in [7, 11) is 0. The van der Waals surface area contributed by atoms with E-state index in [2.05, 4.69) is 10.3 Å². The molecule has 0 atom stereocenters. The molecule has 0 unspecified atom stereocenters. The van der Waals surface area contributed by atoms with Gasteiger partial charge < -0.3 is 5.32 Å². The molecule has 1 N–H and O–H groups in total. The SMILES string of the molecule is Fc1ccc(CNCc2ncc(-c3cccc(Cl)c3Cl)s2)cc1. The molecule has 0 aliphatic heterocycles. The first-order valence-electron chi connectivity index (χ1n) is 6.98. The Hall–Kier alpha value is -1.46. The zero-order valence-corrected chi connectivity index (χ0v) is 14.4. The van der Waals surface area contributed by atoms with Gasteiger partial charge in [0.25, 0.3) is 0 Å². The molecule has 0 bridgehead atoms. The monoisotopic (exact) mass is 366 g/mol. The highest BCUT2D eigenvalue weighted by atomic mass is 35.5. The Bertz CT molecular complexity index is 803. The Morgan fingerprint density at radius 3 is 2.61 bits per heavy atom. The maximum absolute atomic E-state index is 12.8. The van der Waals surface area contributed by atoms with E-state index in [0.29, 0.717) is 23.1 Å². The summed E-state index contributed by atoms with van der Waals surface area (Å²) in [5.74, 6) is -0.225. The number of rotatable bonds is 5. The van der Waals surface area contributed by atoms with Crippen LogP contribution in [0.4, 0.5) is 4.39 Å². The number of hydrogen-bond acceptors (Lipinski definition) is 3. The third kappa shape index (κ3) is 4.09. The smallest absolute Gasteiger partial charge is 0.123 e. The van der Waals surface area contributed by atoms with Crippen LogP contribution in [0.2, 0.25) is 10.0 Å². The molecule has 0 amide bonds. The van der Waals surface area contributed by atoms with Gasteiger partial charge in [0, 0.05) is 24.8 Å². The summed E-state index contributed by atoms with van der Waals surface area (Å²) in [5.41, 5.74) is 1.92. The summed E-state index contributed by atoms with van der Waals surface area (Å²) >= 11 is 13.9. The van der Waals surface area contributed by atoms with E-state index in [0.717, 1.165) is 21.0 Å². The predicted octanol–water partition coefficient (Wildman–Crippen LogP) is 5.55. The van der Waals surface area contributed by atoms with Gasteiger partial charge >= 0.3 is 0 Å². The number of nitrogens with one attached hydrogen (secondary N) is 1. The van der Waals surface area contributed by atoms with E-state index < -0.39 is 0 Å². The van der Waals surface area contributed by atoms with E-state index in [1.165, 1.54) is 12.1 Å². The summed E-state index contributed by atoms with van der Waals surface area (Å²) in [6.07, 6.45) is 1.80. The topological polar surface area (TPSA) is 24.9 Å². The van der Waals surface area contributed by atoms with Gasteiger partial charge in [-0.05, 0) is 23.8 Å². The maximum atomic E-state index is 12.8. The van der Waals surface area contributed by atoms with Crippen LogP contribution in [-0.4, -0.2) is 4.98 Å². The molecule has 118 valence electrons. The number of thiazole rings is 1. The van der Waals surface area contributed by atoms with Crippen LogP contribution in [0.3, 0.4) is 0 Å². The van der Waals surface area contributed by atoms with Gasteiger partial charge in [-0.3, -0.25) is 0 Å². The van der Waals surface area contributed by atoms with Crippen molar-refractivity contribution in [1.29, 1.82) is 0 Å². The molecule has 0 saturated carbocycles.